The number of hydrogen-bond donors (Lipinski definition) is 3. The van der Waals surface area contributed by atoms with Gasteiger partial charge in [0.1, 0.15) is 0 Å². The smallest absolute Gasteiger partial charge is 0.280 e. The molecule has 1 aliphatic carbocycles. The molecule has 0 fully saturated rings. The number of thiophene rings is 1. The summed E-state index contributed by atoms with van der Waals surface area (Å²) in [7, 11) is 0. The van der Waals surface area contributed by atoms with Gasteiger partial charge in [0.2, 0.25) is 0 Å². The van der Waals surface area contributed by atoms with Crippen LogP contribution < -0.4 is 16.2 Å². The molecular weight excluding hydrogens is 374 g/mol. The van der Waals surface area contributed by atoms with Gasteiger partial charge in [-0.25, -0.2) is 0 Å². The maximum absolute atomic E-state index is 12.7. The van der Waals surface area contributed by atoms with E-state index in [1.165, 1.54) is 23.1 Å². The minimum Gasteiger partial charge on any atom is -0.357 e. The lowest BCUT2D eigenvalue weighted by molar-refractivity contribution is 0.0909. The number of thiocarbonyl (C=S) groups is 1. The highest BCUT2D eigenvalue weighted by molar-refractivity contribution is 8.00. The number of amides is 1. The standard InChI is InChI=1S/C17H25N3O2S3/c1-16(2,3)18-15(23)20-19-13(22)12-9-7-17(4,5)8-10(21)11(9)14(24-6)25-12/h7-8H2,1-6H3,(H,19,22)(H2,18,20,23). The fraction of sp³-hybridized carbons (Fsp3) is 0.588. The molecule has 0 bridgehead atoms. The molecule has 1 aromatic heterocycles. The molecule has 8 heteroatoms. The van der Waals surface area contributed by atoms with Crippen LogP contribution in [0.15, 0.2) is 4.21 Å². The van der Waals surface area contributed by atoms with E-state index in [0.717, 1.165) is 21.8 Å². The summed E-state index contributed by atoms with van der Waals surface area (Å²) < 4.78 is 0.913. The first-order valence-electron chi connectivity index (χ1n) is 8.05. The van der Waals surface area contributed by atoms with E-state index >= 15 is 0 Å². The normalized spacial score (nSPS) is 16.2. The van der Waals surface area contributed by atoms with Gasteiger partial charge >= 0.3 is 0 Å². The van der Waals surface area contributed by atoms with Gasteiger partial charge in [0.15, 0.2) is 10.9 Å². The molecule has 0 saturated heterocycles. The number of carbonyl (C=O) groups excluding carboxylic acids is 2. The Morgan fingerprint density at radius 2 is 1.88 bits per heavy atom. The van der Waals surface area contributed by atoms with Gasteiger partial charge in [-0.1, -0.05) is 13.8 Å². The van der Waals surface area contributed by atoms with Crippen LogP contribution in [-0.4, -0.2) is 28.6 Å². The number of Topliss-reactive ketones (excluding diaryl/α,β-unsaturated/α-hetero) is 1. The zero-order valence-electron chi connectivity index (χ0n) is 15.5. The SMILES string of the molecule is CSc1sc(C(=O)NNC(=S)NC(C)(C)C)c2c1C(=O)CC(C)(C)C2. The topological polar surface area (TPSA) is 70.2 Å². The largest absolute Gasteiger partial charge is 0.357 e. The van der Waals surface area contributed by atoms with Crippen molar-refractivity contribution < 1.29 is 9.59 Å². The maximum Gasteiger partial charge on any atom is 0.280 e. The summed E-state index contributed by atoms with van der Waals surface area (Å²) in [6.45, 7) is 10.1. The number of rotatable bonds is 2. The van der Waals surface area contributed by atoms with Crippen LogP contribution >= 0.6 is 35.3 Å². The molecule has 0 aliphatic heterocycles. The fourth-order valence-corrected chi connectivity index (χ4v) is 5.17. The van der Waals surface area contributed by atoms with E-state index in [9.17, 15) is 9.59 Å². The molecule has 1 amide bonds. The molecular formula is C17H25N3O2S3. The maximum atomic E-state index is 12.7. The Bertz CT molecular complexity index is 717. The summed E-state index contributed by atoms with van der Waals surface area (Å²) in [6.07, 6.45) is 3.17. The first-order chi connectivity index (χ1) is 11.4. The minimum absolute atomic E-state index is 0.128. The average molecular weight is 400 g/mol. The van der Waals surface area contributed by atoms with Crippen LogP contribution in [0.25, 0.3) is 0 Å². The molecule has 5 nitrogen and oxygen atoms in total. The van der Waals surface area contributed by atoms with E-state index in [2.05, 4.69) is 30.0 Å². The molecule has 0 spiro atoms. The molecule has 0 atom stereocenters. The van der Waals surface area contributed by atoms with Gasteiger partial charge in [-0.05, 0) is 56.6 Å². The van der Waals surface area contributed by atoms with Crippen LogP contribution in [0.3, 0.4) is 0 Å². The summed E-state index contributed by atoms with van der Waals surface area (Å²) in [5.41, 5.74) is 6.66. The summed E-state index contributed by atoms with van der Waals surface area (Å²) in [4.78, 5) is 25.8. The van der Waals surface area contributed by atoms with E-state index in [1.807, 2.05) is 27.0 Å². The number of ketones is 1. The monoisotopic (exact) mass is 399 g/mol. The third-order valence-electron chi connectivity index (χ3n) is 3.72. The Morgan fingerprint density at radius 3 is 2.44 bits per heavy atom. The van der Waals surface area contributed by atoms with Crippen molar-refractivity contribution in [2.24, 2.45) is 5.41 Å². The van der Waals surface area contributed by atoms with Gasteiger partial charge in [0, 0.05) is 17.5 Å². The van der Waals surface area contributed by atoms with Crippen molar-refractivity contribution in [3.8, 4) is 0 Å². The number of fused-ring (bicyclic) bond motifs is 1. The number of hydrazine groups is 1. The first-order valence-corrected chi connectivity index (χ1v) is 10.5. The van der Waals surface area contributed by atoms with E-state index < -0.39 is 0 Å². The highest BCUT2D eigenvalue weighted by Crippen LogP contribution is 2.44. The van der Waals surface area contributed by atoms with Gasteiger partial charge in [-0.15, -0.1) is 23.1 Å². The first kappa shape index (κ1) is 20.2. The Kier molecular flexibility index (Phi) is 5.85. The zero-order chi connectivity index (χ0) is 19.0. The second-order valence-electron chi connectivity index (χ2n) is 8.00. The van der Waals surface area contributed by atoms with Crippen molar-refractivity contribution in [2.75, 3.05) is 6.26 Å². The molecule has 2 rings (SSSR count). The molecule has 25 heavy (non-hydrogen) atoms. The Hall–Kier alpha value is -1.12. The van der Waals surface area contributed by atoms with E-state index in [-0.39, 0.29) is 22.6 Å². The van der Waals surface area contributed by atoms with Gasteiger partial charge in [-0.2, -0.15) is 0 Å². The van der Waals surface area contributed by atoms with Gasteiger partial charge in [0.25, 0.3) is 5.91 Å². The number of thioether (sulfide) groups is 1. The number of nitrogens with one attached hydrogen (secondary N) is 3. The molecule has 0 saturated carbocycles. The molecule has 0 radical (unpaired) electrons. The second kappa shape index (κ2) is 7.25. The molecule has 138 valence electrons. The minimum atomic E-state index is -0.259. The van der Waals surface area contributed by atoms with Crippen molar-refractivity contribution in [3.05, 3.63) is 16.0 Å². The number of carbonyl (C=O) groups is 2. The number of hydrogen-bond acceptors (Lipinski definition) is 5. The summed E-state index contributed by atoms with van der Waals surface area (Å²) >= 11 is 8.08. The Labute approximate surface area is 162 Å². The van der Waals surface area contributed by atoms with Crippen LogP contribution in [0.5, 0.6) is 0 Å². The van der Waals surface area contributed by atoms with Crippen LogP contribution in [0, 0.1) is 5.41 Å². The predicted molar refractivity (Wildman–Crippen MR) is 109 cm³/mol. The Balaban J connectivity index is 2.21. The van der Waals surface area contributed by atoms with E-state index in [4.69, 9.17) is 12.2 Å². The van der Waals surface area contributed by atoms with Crippen LogP contribution in [0.2, 0.25) is 0 Å². The lowest BCUT2D eigenvalue weighted by atomic mass is 9.74. The van der Waals surface area contributed by atoms with Crippen molar-refractivity contribution in [2.45, 2.75) is 57.2 Å². The zero-order valence-corrected chi connectivity index (χ0v) is 17.9. The van der Waals surface area contributed by atoms with Crippen LogP contribution in [0.4, 0.5) is 0 Å². The lowest BCUT2D eigenvalue weighted by Gasteiger charge is -2.29. The Morgan fingerprint density at radius 1 is 1.24 bits per heavy atom. The van der Waals surface area contributed by atoms with Gasteiger partial charge < -0.3 is 5.32 Å². The third-order valence-corrected chi connectivity index (χ3v) is 6.27. The quantitative estimate of drug-likeness (QED) is 0.401. The average Bonchev–Trinajstić information content (AvgIpc) is 2.80. The van der Waals surface area contributed by atoms with E-state index in [1.54, 1.807) is 0 Å². The van der Waals surface area contributed by atoms with Crippen LogP contribution in [0.1, 0.15) is 66.6 Å². The van der Waals surface area contributed by atoms with Gasteiger partial charge in [-0.3, -0.25) is 20.4 Å². The third kappa shape index (κ3) is 4.95. The van der Waals surface area contributed by atoms with Crippen molar-refractivity contribution in [1.82, 2.24) is 16.2 Å². The molecule has 1 aromatic rings. The highest BCUT2D eigenvalue weighted by Gasteiger charge is 2.37. The van der Waals surface area contributed by atoms with Crippen LogP contribution in [-0.2, 0) is 6.42 Å². The van der Waals surface area contributed by atoms with Crippen molar-refractivity contribution in [1.29, 1.82) is 0 Å². The van der Waals surface area contributed by atoms with E-state index in [0.29, 0.717) is 16.4 Å². The molecule has 1 aliphatic rings. The lowest BCUT2D eigenvalue weighted by Crippen LogP contribution is -2.52. The van der Waals surface area contributed by atoms with Crippen molar-refractivity contribution >= 4 is 52.1 Å². The van der Waals surface area contributed by atoms with Crippen molar-refractivity contribution in [3.63, 3.8) is 0 Å². The summed E-state index contributed by atoms with van der Waals surface area (Å²) in [6, 6.07) is 0. The molecule has 0 unspecified atom stereocenters. The highest BCUT2D eigenvalue weighted by atomic mass is 32.2. The molecule has 1 heterocycles. The molecule has 0 aromatic carbocycles. The summed E-state index contributed by atoms with van der Waals surface area (Å²) in [5, 5.41) is 3.43. The molecule has 3 N–H and O–H groups in total. The van der Waals surface area contributed by atoms with Gasteiger partial charge in [0.05, 0.1) is 9.09 Å². The summed E-state index contributed by atoms with van der Waals surface area (Å²) in [5.74, 6) is -0.131. The predicted octanol–water partition coefficient (Wildman–Crippen LogP) is 3.53. The fourth-order valence-electron chi connectivity index (χ4n) is 2.83. The second-order valence-corrected chi connectivity index (χ2v) is 10.5.